The quantitative estimate of drug-likeness (QED) is 0.659. The average Bonchev–Trinajstić information content (AvgIpc) is 2.31. The van der Waals surface area contributed by atoms with Crippen molar-refractivity contribution in [2.75, 3.05) is 24.8 Å². The summed E-state index contributed by atoms with van der Waals surface area (Å²) in [6, 6.07) is 0.145. The average molecular weight is 226 g/mol. The molecule has 1 unspecified atom stereocenters. The lowest BCUT2D eigenvalue weighted by molar-refractivity contribution is 0.278. The lowest BCUT2D eigenvalue weighted by Crippen LogP contribution is -2.21. The minimum atomic E-state index is 0.133. The molecular weight excluding hydrogens is 208 g/mol. The summed E-state index contributed by atoms with van der Waals surface area (Å²) < 4.78 is 5.00. The monoisotopic (exact) mass is 226 g/mol. The van der Waals surface area contributed by atoms with Gasteiger partial charge in [0.05, 0.1) is 7.11 Å². The molecule has 0 spiro atoms. The second-order valence-corrected chi connectivity index (χ2v) is 3.41. The van der Waals surface area contributed by atoms with Gasteiger partial charge in [-0.2, -0.15) is 4.98 Å². The van der Waals surface area contributed by atoms with Crippen LogP contribution in [0.25, 0.3) is 0 Å². The van der Waals surface area contributed by atoms with Crippen LogP contribution in [0, 0.1) is 0 Å². The maximum atomic E-state index is 8.89. The second kappa shape index (κ2) is 6.12. The minimum Gasteiger partial charge on any atom is -0.479 e. The van der Waals surface area contributed by atoms with Crippen LogP contribution in [-0.2, 0) is 0 Å². The number of aromatic nitrogens is 2. The fraction of sp³-hybridized carbons (Fsp3) is 0.600. The van der Waals surface area contributed by atoms with Crippen molar-refractivity contribution in [3.05, 3.63) is 6.33 Å². The van der Waals surface area contributed by atoms with Crippen molar-refractivity contribution in [1.82, 2.24) is 9.97 Å². The Balaban J connectivity index is 2.79. The van der Waals surface area contributed by atoms with Crippen molar-refractivity contribution >= 4 is 11.5 Å². The first kappa shape index (κ1) is 12.5. The first-order chi connectivity index (χ1) is 7.72. The lowest BCUT2D eigenvalue weighted by Gasteiger charge is -2.17. The fourth-order valence-corrected chi connectivity index (χ4v) is 1.38. The fourth-order valence-electron chi connectivity index (χ4n) is 1.38. The van der Waals surface area contributed by atoms with Crippen LogP contribution in [0.2, 0.25) is 0 Å². The van der Waals surface area contributed by atoms with Gasteiger partial charge in [-0.25, -0.2) is 4.98 Å². The summed E-state index contributed by atoms with van der Waals surface area (Å²) in [5.41, 5.74) is 6.21. The van der Waals surface area contributed by atoms with E-state index in [4.69, 9.17) is 15.6 Å². The highest BCUT2D eigenvalue weighted by atomic mass is 16.5. The molecule has 0 radical (unpaired) electrons. The Kier molecular flexibility index (Phi) is 4.78. The molecule has 0 aliphatic carbocycles. The van der Waals surface area contributed by atoms with E-state index >= 15 is 0 Å². The Morgan fingerprint density at radius 2 is 2.31 bits per heavy atom. The van der Waals surface area contributed by atoms with Gasteiger partial charge >= 0.3 is 0 Å². The molecule has 1 aromatic rings. The van der Waals surface area contributed by atoms with Crippen molar-refractivity contribution in [3.8, 4) is 5.88 Å². The molecule has 0 bridgehead atoms. The van der Waals surface area contributed by atoms with E-state index in [1.165, 1.54) is 13.4 Å². The predicted octanol–water partition coefficient (Wildman–Crippen LogP) is 0.640. The zero-order valence-electron chi connectivity index (χ0n) is 9.60. The first-order valence-electron chi connectivity index (χ1n) is 5.24. The van der Waals surface area contributed by atoms with Crippen molar-refractivity contribution < 1.29 is 9.84 Å². The van der Waals surface area contributed by atoms with E-state index in [0.29, 0.717) is 23.8 Å². The molecule has 0 aromatic carbocycles. The standard InChI is InChI=1S/C10H18N4O2/c1-3-7(4-5-15)14-9-8(11)10(16-2)13-6-12-9/h6-7,15H,3-5,11H2,1-2H3,(H,12,13,14). The summed E-state index contributed by atoms with van der Waals surface area (Å²) in [5.74, 6) is 0.906. The molecule has 0 fully saturated rings. The number of aliphatic hydroxyl groups excluding tert-OH is 1. The highest BCUT2D eigenvalue weighted by molar-refractivity contribution is 5.66. The topological polar surface area (TPSA) is 93.3 Å². The molecule has 0 saturated heterocycles. The number of nitrogens with zero attached hydrogens (tertiary/aromatic N) is 2. The smallest absolute Gasteiger partial charge is 0.242 e. The van der Waals surface area contributed by atoms with E-state index in [1.54, 1.807) is 0 Å². The van der Waals surface area contributed by atoms with Crippen molar-refractivity contribution in [2.45, 2.75) is 25.8 Å². The molecule has 16 heavy (non-hydrogen) atoms. The number of methoxy groups -OCH3 is 1. The Labute approximate surface area is 94.9 Å². The molecule has 90 valence electrons. The van der Waals surface area contributed by atoms with Gasteiger partial charge < -0.3 is 20.9 Å². The molecule has 1 heterocycles. The lowest BCUT2D eigenvalue weighted by atomic mass is 10.1. The second-order valence-electron chi connectivity index (χ2n) is 3.41. The Bertz CT molecular complexity index is 333. The summed E-state index contributed by atoms with van der Waals surface area (Å²) in [6.45, 7) is 2.16. The summed E-state index contributed by atoms with van der Waals surface area (Å²) in [5, 5.41) is 12.0. The van der Waals surface area contributed by atoms with Crippen LogP contribution in [0.15, 0.2) is 6.33 Å². The molecule has 6 nitrogen and oxygen atoms in total. The zero-order chi connectivity index (χ0) is 12.0. The van der Waals surface area contributed by atoms with Crippen LogP contribution in [0.3, 0.4) is 0 Å². The maximum Gasteiger partial charge on any atom is 0.242 e. The highest BCUT2D eigenvalue weighted by Crippen LogP contribution is 2.25. The van der Waals surface area contributed by atoms with Crippen molar-refractivity contribution in [3.63, 3.8) is 0 Å². The molecule has 1 rings (SSSR count). The van der Waals surface area contributed by atoms with Crippen LogP contribution in [0.4, 0.5) is 11.5 Å². The predicted molar refractivity (Wildman–Crippen MR) is 62.4 cm³/mol. The van der Waals surface area contributed by atoms with Gasteiger partial charge in [0.15, 0.2) is 5.82 Å². The number of ether oxygens (including phenoxy) is 1. The Morgan fingerprint density at radius 1 is 1.56 bits per heavy atom. The van der Waals surface area contributed by atoms with E-state index in [1.807, 2.05) is 6.92 Å². The molecule has 1 atom stereocenters. The van der Waals surface area contributed by atoms with Gasteiger partial charge in [0.25, 0.3) is 0 Å². The highest BCUT2D eigenvalue weighted by Gasteiger charge is 2.12. The molecule has 0 saturated carbocycles. The van der Waals surface area contributed by atoms with Gasteiger partial charge in [0.2, 0.25) is 5.88 Å². The molecule has 4 N–H and O–H groups in total. The van der Waals surface area contributed by atoms with Crippen LogP contribution >= 0.6 is 0 Å². The largest absolute Gasteiger partial charge is 0.479 e. The van der Waals surface area contributed by atoms with Gasteiger partial charge in [-0.1, -0.05) is 6.92 Å². The number of aliphatic hydroxyl groups is 1. The van der Waals surface area contributed by atoms with Gasteiger partial charge in [-0.05, 0) is 12.8 Å². The number of nitrogens with two attached hydrogens (primary N) is 1. The third kappa shape index (κ3) is 2.96. The zero-order valence-corrected chi connectivity index (χ0v) is 9.60. The summed E-state index contributed by atoms with van der Waals surface area (Å²) >= 11 is 0. The molecule has 6 heteroatoms. The number of nitrogens with one attached hydrogen (secondary N) is 1. The van der Waals surface area contributed by atoms with Crippen molar-refractivity contribution in [2.24, 2.45) is 0 Å². The third-order valence-corrected chi connectivity index (χ3v) is 2.35. The number of hydrogen-bond donors (Lipinski definition) is 3. The molecule has 0 aliphatic heterocycles. The first-order valence-corrected chi connectivity index (χ1v) is 5.24. The number of rotatable bonds is 6. The van der Waals surface area contributed by atoms with Crippen LogP contribution in [0.1, 0.15) is 19.8 Å². The number of hydrogen-bond acceptors (Lipinski definition) is 6. The van der Waals surface area contributed by atoms with Gasteiger partial charge in [0.1, 0.15) is 12.0 Å². The molecule has 0 aliphatic rings. The van der Waals surface area contributed by atoms with E-state index in [-0.39, 0.29) is 12.6 Å². The number of nitrogen functional groups attached to an aromatic ring is 1. The minimum absolute atomic E-state index is 0.133. The van der Waals surface area contributed by atoms with Crippen LogP contribution < -0.4 is 15.8 Å². The molecule has 0 amide bonds. The van der Waals surface area contributed by atoms with Crippen molar-refractivity contribution in [1.29, 1.82) is 0 Å². The van der Waals surface area contributed by atoms with Crippen LogP contribution in [-0.4, -0.2) is 34.8 Å². The summed E-state index contributed by atoms with van der Waals surface area (Å²) in [4.78, 5) is 7.94. The number of anilines is 2. The van der Waals surface area contributed by atoms with Gasteiger partial charge in [-0.15, -0.1) is 0 Å². The van der Waals surface area contributed by atoms with E-state index < -0.39 is 0 Å². The van der Waals surface area contributed by atoms with Gasteiger partial charge in [-0.3, -0.25) is 0 Å². The van der Waals surface area contributed by atoms with E-state index in [2.05, 4.69) is 15.3 Å². The van der Waals surface area contributed by atoms with Gasteiger partial charge in [0, 0.05) is 12.6 Å². The summed E-state index contributed by atoms with van der Waals surface area (Å²) in [6.07, 6.45) is 2.93. The Hall–Kier alpha value is -1.56. The SMILES string of the molecule is CCC(CCO)Nc1ncnc(OC)c1N. The summed E-state index contributed by atoms with van der Waals surface area (Å²) in [7, 11) is 1.51. The van der Waals surface area contributed by atoms with E-state index in [9.17, 15) is 0 Å². The third-order valence-electron chi connectivity index (χ3n) is 2.35. The Morgan fingerprint density at radius 3 is 2.88 bits per heavy atom. The molecular formula is C10H18N4O2. The molecule has 1 aromatic heterocycles. The van der Waals surface area contributed by atoms with Crippen LogP contribution in [0.5, 0.6) is 5.88 Å². The van der Waals surface area contributed by atoms with E-state index in [0.717, 1.165) is 6.42 Å². The normalized spacial score (nSPS) is 12.2. The maximum absolute atomic E-state index is 8.89.